The summed E-state index contributed by atoms with van der Waals surface area (Å²) in [4.78, 5) is 0. The van der Waals surface area contributed by atoms with E-state index in [-0.39, 0.29) is 74.3 Å². The fourth-order valence-corrected chi connectivity index (χ4v) is 4.87. The third kappa shape index (κ3) is 178. The van der Waals surface area contributed by atoms with Gasteiger partial charge in [-0.1, -0.05) is 400 Å². The highest BCUT2D eigenvalue weighted by atomic mass is 14.2. The zero-order chi connectivity index (χ0) is 43.9. The van der Waals surface area contributed by atoms with Crippen LogP contribution in [0, 0.1) is 29.1 Å². The summed E-state index contributed by atoms with van der Waals surface area (Å²) in [6.07, 6.45) is 37.1. The van der Waals surface area contributed by atoms with E-state index >= 15 is 0 Å². The maximum atomic E-state index is 2.34. The molecule has 0 aromatic rings. The molecule has 0 nitrogen and oxygen atoms in total. The average Bonchev–Trinajstić information content (AvgIpc) is 3.17. The lowest BCUT2D eigenvalue weighted by Crippen LogP contribution is -2.05. The second kappa shape index (κ2) is 120. The van der Waals surface area contributed by atoms with Crippen molar-refractivity contribution in [2.24, 2.45) is 29.1 Å². The molecule has 0 heteroatoms. The molecule has 0 aromatic heterocycles. The summed E-state index contributed by atoms with van der Waals surface area (Å²) >= 11 is 0. The molecule has 0 bridgehead atoms. The maximum absolute atomic E-state index is 2.34. The van der Waals surface area contributed by atoms with Gasteiger partial charge < -0.3 is 0 Å². The Balaban J connectivity index is -0.0000000232. The molecular weight excluding hydrogens is 769 g/mol. The van der Waals surface area contributed by atoms with E-state index < -0.39 is 0 Å². The minimum absolute atomic E-state index is 0. The van der Waals surface area contributed by atoms with Crippen molar-refractivity contribution >= 4 is 0 Å². The lowest BCUT2D eigenvalue weighted by Gasteiger charge is -2.18. The minimum atomic E-state index is 0. The zero-order valence-electron chi connectivity index (χ0n) is 43.9. The predicted octanol–water partition coefficient (Wildman–Crippen LogP) is 28.7. The zero-order valence-corrected chi connectivity index (χ0v) is 43.9. The van der Waals surface area contributed by atoms with Crippen molar-refractivity contribution in [3.05, 3.63) is 0 Å². The Morgan fingerprint density at radius 3 is 0.641 bits per heavy atom. The SMILES string of the molecule is C.C.C.C.C.C.C.C.C.C.CCC(C)(C)CC.CCC(C)CC.CCC(CC)CC.CCCC(C)CCC.CCCCC.CCCCCC.CCCCCC(C)C.CCCCCCC. The van der Waals surface area contributed by atoms with E-state index in [0.29, 0.717) is 5.41 Å². The van der Waals surface area contributed by atoms with Crippen LogP contribution in [0.4, 0.5) is 0 Å². The Bertz CT molecular complexity index is 453. The fourth-order valence-electron chi connectivity index (χ4n) is 4.87. The highest BCUT2D eigenvalue weighted by Gasteiger charge is 2.09. The van der Waals surface area contributed by atoms with Gasteiger partial charge >= 0.3 is 0 Å². The second-order valence-electron chi connectivity index (χ2n) is 17.6. The Hall–Kier alpha value is 0. The van der Waals surface area contributed by atoms with E-state index in [1.807, 2.05) is 0 Å². The lowest BCUT2D eigenvalue weighted by molar-refractivity contribution is 0.338. The normalized spacial score (nSPS) is 8.53. The molecule has 0 amide bonds. The molecule has 420 valence electrons. The van der Waals surface area contributed by atoms with E-state index in [1.165, 1.54) is 173 Å². The van der Waals surface area contributed by atoms with Gasteiger partial charge in [0.25, 0.3) is 0 Å². The molecule has 0 fully saturated rings. The molecule has 0 aliphatic carbocycles. The molecule has 64 heavy (non-hydrogen) atoms. The molecule has 0 N–H and O–H groups in total. The second-order valence-corrected chi connectivity index (χ2v) is 17.6. The first-order chi connectivity index (χ1) is 25.6. The number of rotatable bonds is 24. The third-order valence-corrected chi connectivity index (χ3v) is 10.9. The molecular formula is C64H164. The third-order valence-electron chi connectivity index (χ3n) is 10.9. The summed E-state index contributed by atoms with van der Waals surface area (Å²) in [6, 6.07) is 0. The summed E-state index contributed by atoms with van der Waals surface area (Å²) in [6.45, 7) is 49.7. The summed E-state index contributed by atoms with van der Waals surface area (Å²) < 4.78 is 0. The van der Waals surface area contributed by atoms with E-state index in [1.54, 1.807) is 0 Å². The fraction of sp³-hybridized carbons (Fsp3) is 1.00. The van der Waals surface area contributed by atoms with Crippen LogP contribution in [0.25, 0.3) is 0 Å². The summed E-state index contributed by atoms with van der Waals surface area (Å²) in [7, 11) is 0. The molecule has 0 spiro atoms. The topological polar surface area (TPSA) is 0 Å². The van der Waals surface area contributed by atoms with Crippen molar-refractivity contribution in [2.75, 3.05) is 0 Å². The Morgan fingerprint density at radius 1 is 0.266 bits per heavy atom. The van der Waals surface area contributed by atoms with E-state index in [9.17, 15) is 0 Å². The van der Waals surface area contributed by atoms with Gasteiger partial charge in [-0.05, 0) is 29.1 Å². The van der Waals surface area contributed by atoms with Crippen LogP contribution in [-0.2, 0) is 0 Å². The molecule has 0 saturated heterocycles. The van der Waals surface area contributed by atoms with Crippen molar-refractivity contribution in [1.29, 1.82) is 0 Å². The van der Waals surface area contributed by atoms with Crippen molar-refractivity contribution < 1.29 is 0 Å². The highest BCUT2D eigenvalue weighted by molar-refractivity contribution is 4.61. The summed E-state index contributed by atoms with van der Waals surface area (Å²) in [5.74, 6) is 3.79. The standard InChI is InChI=1S/2C8H18.3C7H16.2C6H14.C5H12.10CH4/c1-4-5-6-7-8(2)3;1-4-6-8(3)7-5-2;1-5-7(3,4)6-2;1-4-7(5-2)6-3;1-3-5-7-6-4-2;1-4-6(3)5-2;1-3-5-6-4-2;1-3-5-4-2;;;;;;;;;;/h2*8H,4-7H2,1-3H3;5-6H2,1-4H3;7H,4-6H2,1-3H3;3-7H2,1-2H3;6H,4-5H2,1-3H3;3-6H2,1-2H3;3-5H2,1-2H3;10*1H4. The first-order valence-electron chi connectivity index (χ1n) is 25.6. The lowest BCUT2D eigenvalue weighted by atomic mass is 9.88. The summed E-state index contributed by atoms with van der Waals surface area (Å²) in [5, 5.41) is 0. The van der Waals surface area contributed by atoms with Crippen LogP contribution in [0.1, 0.15) is 400 Å². The molecule has 0 rings (SSSR count). The van der Waals surface area contributed by atoms with Gasteiger partial charge in [0.2, 0.25) is 0 Å². The van der Waals surface area contributed by atoms with Crippen LogP contribution < -0.4 is 0 Å². The quantitative estimate of drug-likeness (QED) is 0.0846. The molecule has 0 saturated carbocycles. The number of unbranched alkanes of at least 4 members (excludes halogenated alkanes) is 11. The number of hydrogen-bond donors (Lipinski definition) is 0. The molecule has 0 unspecified atom stereocenters. The van der Waals surface area contributed by atoms with Gasteiger partial charge in [0.1, 0.15) is 0 Å². The largest absolute Gasteiger partial charge is 0.0776 e. The van der Waals surface area contributed by atoms with Crippen LogP contribution in [0.5, 0.6) is 0 Å². The Morgan fingerprint density at radius 2 is 0.516 bits per heavy atom. The van der Waals surface area contributed by atoms with Gasteiger partial charge in [-0.15, -0.1) is 0 Å². The Kier molecular flexibility index (Phi) is 224. The van der Waals surface area contributed by atoms with Gasteiger partial charge in [-0.3, -0.25) is 0 Å². The van der Waals surface area contributed by atoms with E-state index in [2.05, 4.69) is 152 Å². The van der Waals surface area contributed by atoms with Gasteiger partial charge in [-0.25, -0.2) is 0 Å². The van der Waals surface area contributed by atoms with Gasteiger partial charge in [0, 0.05) is 0 Å². The van der Waals surface area contributed by atoms with E-state index in [4.69, 9.17) is 0 Å². The van der Waals surface area contributed by atoms with Crippen LogP contribution in [0.3, 0.4) is 0 Å². The molecule has 0 heterocycles. The van der Waals surface area contributed by atoms with Crippen molar-refractivity contribution in [2.45, 2.75) is 400 Å². The van der Waals surface area contributed by atoms with Gasteiger partial charge in [0.15, 0.2) is 0 Å². The van der Waals surface area contributed by atoms with Gasteiger partial charge in [-0.2, -0.15) is 0 Å². The molecule has 0 aliphatic heterocycles. The molecule has 0 aliphatic rings. The summed E-state index contributed by atoms with van der Waals surface area (Å²) in [5.41, 5.74) is 0.583. The van der Waals surface area contributed by atoms with Crippen LogP contribution in [0.15, 0.2) is 0 Å². The minimum Gasteiger partial charge on any atom is -0.0776 e. The smallest absolute Gasteiger partial charge is 0.0359 e. The van der Waals surface area contributed by atoms with Crippen LogP contribution >= 0.6 is 0 Å². The average molecular weight is 934 g/mol. The molecule has 0 aromatic carbocycles. The van der Waals surface area contributed by atoms with Crippen molar-refractivity contribution in [3.63, 3.8) is 0 Å². The van der Waals surface area contributed by atoms with Crippen molar-refractivity contribution in [1.82, 2.24) is 0 Å². The highest BCUT2D eigenvalue weighted by Crippen LogP contribution is 2.22. The first kappa shape index (κ1) is 120. The molecule has 0 radical (unpaired) electrons. The maximum Gasteiger partial charge on any atom is -0.0359 e. The van der Waals surface area contributed by atoms with Crippen LogP contribution in [0.2, 0.25) is 0 Å². The predicted molar refractivity (Wildman–Crippen MR) is 333 cm³/mol. The van der Waals surface area contributed by atoms with Crippen LogP contribution in [-0.4, -0.2) is 0 Å². The Labute approximate surface area is 427 Å². The molecule has 0 atom stereocenters. The number of hydrogen-bond acceptors (Lipinski definition) is 0. The first-order valence-corrected chi connectivity index (χ1v) is 25.6. The van der Waals surface area contributed by atoms with Crippen molar-refractivity contribution in [3.8, 4) is 0 Å². The monoisotopic (exact) mass is 933 g/mol. The van der Waals surface area contributed by atoms with E-state index in [0.717, 1.165) is 23.7 Å². The van der Waals surface area contributed by atoms with Gasteiger partial charge in [0.05, 0.1) is 0 Å².